The predicted octanol–water partition coefficient (Wildman–Crippen LogP) is 2.60. The molecule has 2 atom stereocenters. The summed E-state index contributed by atoms with van der Waals surface area (Å²) >= 11 is 5.95. The molecule has 1 aliphatic carbocycles. The van der Waals surface area contributed by atoms with Crippen LogP contribution in [0.1, 0.15) is 24.8 Å². The van der Waals surface area contributed by atoms with Crippen molar-refractivity contribution >= 4 is 17.4 Å². The average Bonchev–Trinajstić information content (AvgIpc) is 2.90. The number of hydrogen-bond donors (Lipinski definition) is 0. The van der Waals surface area contributed by atoms with Crippen LogP contribution in [0.2, 0.25) is 5.15 Å². The van der Waals surface area contributed by atoms with Gasteiger partial charge in [0.05, 0.1) is 5.56 Å². The first-order chi connectivity index (χ1) is 7.78. The highest BCUT2D eigenvalue weighted by atomic mass is 35.5. The Morgan fingerprint density at radius 3 is 2.88 bits per heavy atom. The number of pyridine rings is 1. The van der Waals surface area contributed by atoms with Crippen LogP contribution in [0.25, 0.3) is 0 Å². The van der Waals surface area contributed by atoms with Gasteiger partial charge in [0.1, 0.15) is 17.0 Å². The molecule has 2 heterocycles. The average molecular weight is 234 g/mol. The summed E-state index contributed by atoms with van der Waals surface area (Å²) in [5.74, 6) is 1.76. The van der Waals surface area contributed by atoms with E-state index in [0.717, 1.165) is 18.3 Å². The first kappa shape index (κ1) is 9.92. The lowest BCUT2D eigenvalue weighted by molar-refractivity contribution is 0.550. The smallest absolute Gasteiger partial charge is 0.149 e. The summed E-state index contributed by atoms with van der Waals surface area (Å²) in [7, 11) is 0. The van der Waals surface area contributed by atoms with E-state index < -0.39 is 0 Å². The number of aromatic nitrogens is 1. The summed E-state index contributed by atoms with van der Waals surface area (Å²) in [5, 5.41) is 9.11. The molecular weight excluding hydrogens is 222 g/mol. The van der Waals surface area contributed by atoms with Crippen molar-refractivity contribution in [2.75, 3.05) is 11.4 Å². The molecule has 0 radical (unpaired) electrons. The number of nitrogens with zero attached hydrogens (tertiary/aromatic N) is 3. The molecule has 2 bridgehead atoms. The van der Waals surface area contributed by atoms with E-state index in [4.69, 9.17) is 16.9 Å². The van der Waals surface area contributed by atoms with Crippen molar-refractivity contribution in [3.63, 3.8) is 0 Å². The lowest BCUT2D eigenvalue weighted by Gasteiger charge is -2.28. The van der Waals surface area contributed by atoms with E-state index in [2.05, 4.69) is 9.88 Å². The number of piperidine rings is 1. The molecule has 2 aliphatic rings. The summed E-state index contributed by atoms with van der Waals surface area (Å²) in [4.78, 5) is 6.65. The van der Waals surface area contributed by atoms with E-state index in [1.54, 1.807) is 6.07 Å². The fourth-order valence-corrected chi connectivity index (χ4v) is 3.07. The Morgan fingerprint density at radius 1 is 1.44 bits per heavy atom. The number of nitriles is 1. The largest absolute Gasteiger partial charge is 0.353 e. The normalized spacial score (nSPS) is 27.1. The van der Waals surface area contributed by atoms with Crippen molar-refractivity contribution in [3.8, 4) is 6.07 Å². The van der Waals surface area contributed by atoms with Gasteiger partial charge in [-0.2, -0.15) is 5.26 Å². The van der Waals surface area contributed by atoms with Gasteiger partial charge in [-0.3, -0.25) is 0 Å². The number of fused-ring (bicyclic) bond motifs is 2. The van der Waals surface area contributed by atoms with Crippen LogP contribution in [0.3, 0.4) is 0 Å². The van der Waals surface area contributed by atoms with Crippen LogP contribution < -0.4 is 4.90 Å². The quantitative estimate of drug-likeness (QED) is 0.700. The molecule has 2 unspecified atom stereocenters. The third kappa shape index (κ3) is 1.45. The Kier molecular flexibility index (Phi) is 2.26. The Bertz CT molecular complexity index is 466. The Hall–Kier alpha value is -1.27. The van der Waals surface area contributed by atoms with Gasteiger partial charge in [0.15, 0.2) is 0 Å². The van der Waals surface area contributed by atoms with Crippen molar-refractivity contribution in [3.05, 3.63) is 22.8 Å². The van der Waals surface area contributed by atoms with Crippen LogP contribution in [0.5, 0.6) is 0 Å². The van der Waals surface area contributed by atoms with Gasteiger partial charge in [0.2, 0.25) is 0 Å². The Morgan fingerprint density at radius 2 is 2.31 bits per heavy atom. The van der Waals surface area contributed by atoms with Crippen molar-refractivity contribution in [2.45, 2.75) is 25.3 Å². The van der Waals surface area contributed by atoms with Gasteiger partial charge < -0.3 is 4.90 Å². The fourth-order valence-electron chi connectivity index (χ4n) is 2.87. The topological polar surface area (TPSA) is 39.9 Å². The molecule has 1 saturated carbocycles. The first-order valence-corrected chi connectivity index (χ1v) is 5.99. The minimum Gasteiger partial charge on any atom is -0.353 e. The molecule has 3 rings (SSSR count). The van der Waals surface area contributed by atoms with Crippen LogP contribution in [0.4, 0.5) is 5.82 Å². The van der Waals surface area contributed by atoms with Gasteiger partial charge in [0, 0.05) is 12.6 Å². The molecule has 0 aromatic carbocycles. The Labute approximate surface area is 99.6 Å². The minimum atomic E-state index is 0.322. The molecule has 1 aromatic heterocycles. The van der Waals surface area contributed by atoms with Crippen molar-refractivity contribution in [1.29, 1.82) is 5.26 Å². The molecule has 16 heavy (non-hydrogen) atoms. The fraction of sp³-hybridized carbons (Fsp3) is 0.500. The second-order valence-electron chi connectivity index (χ2n) is 4.60. The van der Waals surface area contributed by atoms with Gasteiger partial charge in [0.25, 0.3) is 0 Å². The summed E-state index contributed by atoms with van der Waals surface area (Å²) in [6.45, 7) is 1.10. The highest BCUT2D eigenvalue weighted by Gasteiger charge is 2.38. The van der Waals surface area contributed by atoms with E-state index in [9.17, 15) is 0 Å². The molecule has 82 valence electrons. The summed E-state index contributed by atoms with van der Waals surface area (Å²) in [6.07, 6.45) is 3.91. The number of halogens is 1. The van der Waals surface area contributed by atoms with Crippen LogP contribution in [-0.2, 0) is 0 Å². The van der Waals surface area contributed by atoms with Gasteiger partial charge in [-0.25, -0.2) is 4.98 Å². The number of rotatable bonds is 1. The maximum absolute atomic E-state index is 8.79. The lowest BCUT2D eigenvalue weighted by atomic mass is 10.1. The zero-order chi connectivity index (χ0) is 11.1. The number of anilines is 1. The van der Waals surface area contributed by atoms with E-state index in [0.29, 0.717) is 16.8 Å². The Balaban J connectivity index is 1.91. The molecule has 2 fully saturated rings. The van der Waals surface area contributed by atoms with Gasteiger partial charge >= 0.3 is 0 Å². The van der Waals surface area contributed by atoms with Gasteiger partial charge in [-0.1, -0.05) is 11.6 Å². The highest BCUT2D eigenvalue weighted by molar-refractivity contribution is 6.30. The van der Waals surface area contributed by atoms with Gasteiger partial charge in [-0.05, 0) is 37.3 Å². The summed E-state index contributed by atoms with van der Waals surface area (Å²) < 4.78 is 0. The standard InChI is InChI=1S/C12H12ClN3/c13-12-9(6-14)2-4-11(15-12)16-7-8-1-3-10(16)5-8/h2,4,8,10H,1,3,5,7H2. The van der Waals surface area contributed by atoms with E-state index in [-0.39, 0.29) is 0 Å². The summed E-state index contributed by atoms with van der Waals surface area (Å²) in [5.41, 5.74) is 0.453. The molecule has 0 amide bonds. The van der Waals surface area contributed by atoms with E-state index in [1.807, 2.05) is 12.1 Å². The molecule has 1 aliphatic heterocycles. The zero-order valence-corrected chi connectivity index (χ0v) is 9.61. The third-order valence-corrected chi connectivity index (χ3v) is 3.95. The van der Waals surface area contributed by atoms with E-state index in [1.165, 1.54) is 19.3 Å². The molecular formula is C12H12ClN3. The van der Waals surface area contributed by atoms with Crippen LogP contribution in [0.15, 0.2) is 12.1 Å². The minimum absolute atomic E-state index is 0.322. The first-order valence-electron chi connectivity index (χ1n) is 5.61. The van der Waals surface area contributed by atoms with Gasteiger partial charge in [-0.15, -0.1) is 0 Å². The molecule has 3 nitrogen and oxygen atoms in total. The number of hydrogen-bond acceptors (Lipinski definition) is 3. The molecule has 0 N–H and O–H groups in total. The third-order valence-electron chi connectivity index (χ3n) is 3.66. The maximum Gasteiger partial charge on any atom is 0.149 e. The zero-order valence-electron chi connectivity index (χ0n) is 8.86. The second kappa shape index (κ2) is 3.64. The van der Waals surface area contributed by atoms with Crippen molar-refractivity contribution in [2.24, 2.45) is 5.92 Å². The predicted molar refractivity (Wildman–Crippen MR) is 62.4 cm³/mol. The van der Waals surface area contributed by atoms with Crippen LogP contribution in [0, 0.1) is 17.2 Å². The molecule has 1 aromatic rings. The van der Waals surface area contributed by atoms with Crippen molar-refractivity contribution in [1.82, 2.24) is 4.98 Å². The lowest BCUT2D eigenvalue weighted by Crippen LogP contribution is -2.32. The highest BCUT2D eigenvalue weighted by Crippen LogP contribution is 2.39. The molecule has 4 heteroatoms. The molecule has 1 saturated heterocycles. The van der Waals surface area contributed by atoms with Crippen molar-refractivity contribution < 1.29 is 0 Å². The second-order valence-corrected chi connectivity index (χ2v) is 4.96. The molecule has 0 spiro atoms. The maximum atomic E-state index is 8.79. The summed E-state index contributed by atoms with van der Waals surface area (Å²) in [6, 6.07) is 6.34. The van der Waals surface area contributed by atoms with Crippen LogP contribution >= 0.6 is 11.6 Å². The SMILES string of the molecule is N#Cc1ccc(N2CC3CCC2C3)nc1Cl. The monoisotopic (exact) mass is 233 g/mol. The van der Waals surface area contributed by atoms with Crippen LogP contribution in [-0.4, -0.2) is 17.6 Å². The van der Waals surface area contributed by atoms with E-state index >= 15 is 0 Å².